The number of hydrogen-bond donors (Lipinski definition) is 2. The highest BCUT2D eigenvalue weighted by molar-refractivity contribution is 6.00. The summed E-state index contributed by atoms with van der Waals surface area (Å²) in [6, 6.07) is 16.3. The van der Waals surface area contributed by atoms with Crippen LogP contribution < -0.4 is 5.32 Å². The summed E-state index contributed by atoms with van der Waals surface area (Å²) in [5.74, 6) is -0.720. The van der Waals surface area contributed by atoms with Gasteiger partial charge in [-0.15, -0.1) is 0 Å². The molecule has 2 N–H and O–H groups in total. The maximum atomic E-state index is 12.7. The van der Waals surface area contributed by atoms with Gasteiger partial charge >= 0.3 is 6.09 Å². The molecule has 154 valence electrons. The fourth-order valence-electron chi connectivity index (χ4n) is 3.73. The SMILES string of the molecule is O=C(NCCc1c[nH]c2ccccc12)[C@@H]1CCC(=O)N1C(=O)OCc1ccccc1. The lowest BCUT2D eigenvalue weighted by Gasteiger charge is -2.21. The number of likely N-dealkylation sites (tertiary alicyclic amines) is 1. The van der Waals surface area contributed by atoms with Gasteiger partial charge in [-0.1, -0.05) is 48.5 Å². The van der Waals surface area contributed by atoms with Crippen LogP contribution in [0.4, 0.5) is 4.79 Å². The van der Waals surface area contributed by atoms with Crippen LogP contribution in [0.2, 0.25) is 0 Å². The van der Waals surface area contributed by atoms with Gasteiger partial charge in [-0.2, -0.15) is 0 Å². The third kappa shape index (κ3) is 4.20. The molecule has 0 bridgehead atoms. The number of benzene rings is 2. The van der Waals surface area contributed by atoms with Crippen molar-refractivity contribution in [2.24, 2.45) is 0 Å². The topological polar surface area (TPSA) is 91.5 Å². The first kappa shape index (κ1) is 19.7. The number of nitrogens with one attached hydrogen (secondary N) is 2. The second-order valence-electron chi connectivity index (χ2n) is 7.26. The molecule has 0 aliphatic carbocycles. The summed E-state index contributed by atoms with van der Waals surface area (Å²) in [5.41, 5.74) is 2.97. The Kier molecular flexibility index (Phi) is 5.79. The van der Waals surface area contributed by atoms with Crippen LogP contribution in [0, 0.1) is 0 Å². The van der Waals surface area contributed by atoms with Gasteiger partial charge in [0.2, 0.25) is 11.8 Å². The number of aromatic amines is 1. The number of carbonyl (C=O) groups excluding carboxylic acids is 3. The third-order valence-corrected chi connectivity index (χ3v) is 5.28. The van der Waals surface area contributed by atoms with Gasteiger partial charge in [-0.05, 0) is 30.0 Å². The number of amides is 3. The monoisotopic (exact) mass is 405 g/mol. The largest absolute Gasteiger partial charge is 0.444 e. The van der Waals surface area contributed by atoms with Crippen molar-refractivity contribution in [1.82, 2.24) is 15.2 Å². The average molecular weight is 405 g/mol. The summed E-state index contributed by atoms with van der Waals surface area (Å²) in [6.07, 6.45) is 2.26. The highest BCUT2D eigenvalue weighted by Crippen LogP contribution is 2.21. The molecule has 0 unspecified atom stereocenters. The van der Waals surface area contributed by atoms with Crippen molar-refractivity contribution in [3.8, 4) is 0 Å². The molecule has 1 fully saturated rings. The Bertz CT molecular complexity index is 1060. The average Bonchev–Trinajstić information content (AvgIpc) is 3.36. The molecule has 1 aliphatic rings. The lowest BCUT2D eigenvalue weighted by Crippen LogP contribution is -2.48. The van der Waals surface area contributed by atoms with Crippen LogP contribution in [0.1, 0.15) is 24.0 Å². The van der Waals surface area contributed by atoms with Gasteiger partial charge in [-0.3, -0.25) is 9.59 Å². The van der Waals surface area contributed by atoms with Crippen molar-refractivity contribution < 1.29 is 19.1 Å². The minimum atomic E-state index is -0.830. The van der Waals surface area contributed by atoms with Crippen LogP contribution in [0.3, 0.4) is 0 Å². The fraction of sp³-hybridized carbons (Fsp3) is 0.261. The molecular formula is C23H23N3O4. The van der Waals surface area contributed by atoms with E-state index in [4.69, 9.17) is 4.74 Å². The van der Waals surface area contributed by atoms with Gasteiger partial charge in [0.25, 0.3) is 0 Å². The molecule has 4 rings (SSSR count). The summed E-state index contributed by atoms with van der Waals surface area (Å²) in [6.45, 7) is 0.469. The van der Waals surface area contributed by atoms with Crippen LogP contribution in [-0.2, 0) is 27.4 Å². The Morgan fingerprint density at radius 3 is 2.70 bits per heavy atom. The highest BCUT2D eigenvalue weighted by Gasteiger charge is 2.41. The first-order valence-corrected chi connectivity index (χ1v) is 9.99. The van der Waals surface area contributed by atoms with Crippen molar-refractivity contribution >= 4 is 28.8 Å². The lowest BCUT2D eigenvalue weighted by atomic mass is 10.1. The van der Waals surface area contributed by atoms with Crippen molar-refractivity contribution in [3.63, 3.8) is 0 Å². The Hall–Kier alpha value is -3.61. The minimum Gasteiger partial charge on any atom is -0.444 e. The molecular weight excluding hydrogens is 382 g/mol. The van der Waals surface area contributed by atoms with E-state index in [0.717, 1.165) is 26.9 Å². The number of hydrogen-bond acceptors (Lipinski definition) is 4. The number of ether oxygens (including phenoxy) is 1. The molecule has 1 saturated heterocycles. The van der Waals surface area contributed by atoms with E-state index >= 15 is 0 Å². The van der Waals surface area contributed by atoms with E-state index in [9.17, 15) is 14.4 Å². The molecule has 7 nitrogen and oxygen atoms in total. The smallest absolute Gasteiger partial charge is 0.417 e. The van der Waals surface area contributed by atoms with Gasteiger partial charge in [0.15, 0.2) is 0 Å². The predicted molar refractivity (Wildman–Crippen MR) is 112 cm³/mol. The molecule has 30 heavy (non-hydrogen) atoms. The fourth-order valence-corrected chi connectivity index (χ4v) is 3.73. The van der Waals surface area contributed by atoms with Crippen molar-refractivity contribution in [1.29, 1.82) is 0 Å². The van der Waals surface area contributed by atoms with E-state index in [1.54, 1.807) is 0 Å². The molecule has 2 aromatic carbocycles. The van der Waals surface area contributed by atoms with Gasteiger partial charge < -0.3 is 15.0 Å². The summed E-state index contributed by atoms with van der Waals surface area (Å²) < 4.78 is 5.26. The van der Waals surface area contributed by atoms with E-state index in [1.807, 2.05) is 60.8 Å². The molecule has 0 spiro atoms. The first-order valence-electron chi connectivity index (χ1n) is 9.99. The van der Waals surface area contributed by atoms with Crippen LogP contribution in [-0.4, -0.2) is 40.4 Å². The molecule has 0 radical (unpaired) electrons. The maximum absolute atomic E-state index is 12.7. The second-order valence-corrected chi connectivity index (χ2v) is 7.26. The molecule has 1 aromatic heterocycles. The van der Waals surface area contributed by atoms with Crippen molar-refractivity contribution in [2.75, 3.05) is 6.54 Å². The molecule has 1 aliphatic heterocycles. The third-order valence-electron chi connectivity index (χ3n) is 5.28. The Morgan fingerprint density at radius 1 is 1.10 bits per heavy atom. The van der Waals surface area contributed by atoms with Crippen LogP contribution in [0.15, 0.2) is 60.8 Å². The zero-order valence-corrected chi connectivity index (χ0v) is 16.5. The molecule has 1 atom stereocenters. The number of rotatable bonds is 6. The summed E-state index contributed by atoms with van der Waals surface area (Å²) in [7, 11) is 0. The summed E-state index contributed by atoms with van der Waals surface area (Å²) >= 11 is 0. The highest BCUT2D eigenvalue weighted by atomic mass is 16.6. The standard InChI is InChI=1S/C23H23N3O4/c27-21-11-10-20(26(21)23(29)30-15-16-6-2-1-3-7-16)22(28)24-13-12-17-14-25-19-9-5-4-8-18(17)19/h1-9,14,20,25H,10-13,15H2,(H,24,28)/t20-/m0/s1. The molecule has 0 saturated carbocycles. The Labute approximate surface area is 174 Å². The number of nitrogens with zero attached hydrogens (tertiary/aromatic N) is 1. The zero-order chi connectivity index (χ0) is 20.9. The number of para-hydroxylation sites is 1. The van der Waals surface area contributed by atoms with Gasteiger partial charge in [-0.25, -0.2) is 9.69 Å². The van der Waals surface area contributed by atoms with E-state index < -0.39 is 12.1 Å². The van der Waals surface area contributed by atoms with E-state index in [-0.39, 0.29) is 24.8 Å². The number of fused-ring (bicyclic) bond motifs is 1. The van der Waals surface area contributed by atoms with E-state index in [0.29, 0.717) is 19.4 Å². The van der Waals surface area contributed by atoms with Gasteiger partial charge in [0, 0.05) is 30.1 Å². The lowest BCUT2D eigenvalue weighted by molar-refractivity contribution is -0.133. The number of carbonyl (C=O) groups is 3. The zero-order valence-electron chi connectivity index (χ0n) is 16.5. The Morgan fingerprint density at radius 2 is 1.87 bits per heavy atom. The summed E-state index contributed by atoms with van der Waals surface area (Å²) in [5, 5.41) is 3.97. The second kappa shape index (κ2) is 8.82. The number of aromatic nitrogens is 1. The first-order chi connectivity index (χ1) is 14.6. The number of imide groups is 1. The van der Waals surface area contributed by atoms with Gasteiger partial charge in [0.05, 0.1) is 0 Å². The van der Waals surface area contributed by atoms with Gasteiger partial charge in [0.1, 0.15) is 12.6 Å². The minimum absolute atomic E-state index is 0.0539. The Balaban J connectivity index is 1.33. The van der Waals surface area contributed by atoms with Crippen molar-refractivity contribution in [3.05, 3.63) is 71.9 Å². The van der Waals surface area contributed by atoms with Crippen LogP contribution >= 0.6 is 0 Å². The van der Waals surface area contributed by atoms with Crippen LogP contribution in [0.25, 0.3) is 10.9 Å². The van der Waals surface area contributed by atoms with E-state index in [1.165, 1.54) is 0 Å². The van der Waals surface area contributed by atoms with Crippen LogP contribution in [0.5, 0.6) is 0 Å². The van der Waals surface area contributed by atoms with E-state index in [2.05, 4.69) is 10.3 Å². The quantitative estimate of drug-likeness (QED) is 0.659. The molecule has 7 heteroatoms. The molecule has 3 amide bonds. The normalized spacial score (nSPS) is 16.1. The summed E-state index contributed by atoms with van der Waals surface area (Å²) in [4.78, 5) is 41.4. The molecule has 2 heterocycles. The molecule has 3 aromatic rings. The predicted octanol–water partition coefficient (Wildman–Crippen LogP) is 3.15. The maximum Gasteiger partial charge on any atom is 0.417 e. The van der Waals surface area contributed by atoms with Crippen molar-refractivity contribution in [2.45, 2.75) is 31.9 Å². The number of H-pyrrole nitrogens is 1.